The van der Waals surface area contributed by atoms with Gasteiger partial charge < -0.3 is 4.74 Å². The molecule has 3 heterocycles. The van der Waals surface area contributed by atoms with Gasteiger partial charge in [0.1, 0.15) is 5.69 Å². The first kappa shape index (κ1) is 19.2. The van der Waals surface area contributed by atoms with E-state index < -0.39 is 5.97 Å². The van der Waals surface area contributed by atoms with Crippen LogP contribution in [0.1, 0.15) is 11.3 Å². The first-order valence-corrected chi connectivity index (χ1v) is 10.5. The number of esters is 1. The minimum atomic E-state index is -0.404. The van der Waals surface area contributed by atoms with Crippen LogP contribution >= 0.6 is 11.8 Å². The van der Waals surface area contributed by atoms with Gasteiger partial charge in [0.25, 0.3) is 5.78 Å². The minimum absolute atomic E-state index is 0.0165. The molecule has 0 unspecified atom stereocenters. The maximum atomic E-state index is 11.9. The van der Waals surface area contributed by atoms with Gasteiger partial charge >= 0.3 is 5.97 Å². The van der Waals surface area contributed by atoms with E-state index in [4.69, 9.17) is 4.74 Å². The molecular weight excluding hydrogens is 414 g/mol. The van der Waals surface area contributed by atoms with Gasteiger partial charge in [-0.3, -0.25) is 4.79 Å². The summed E-state index contributed by atoms with van der Waals surface area (Å²) in [5, 5.41) is 18.4. The fourth-order valence-electron chi connectivity index (χ4n) is 3.18. The lowest BCUT2D eigenvalue weighted by molar-refractivity contribution is -0.139. The van der Waals surface area contributed by atoms with E-state index in [0.29, 0.717) is 27.8 Å². The standard InChI is InChI=1S/C21H17N7O2S/c1-30-17(29)12-16-18-19(27(25-16)15-10-6-3-7-11-15)28-20(24-23-18)22-21(26-28)31-13-14-8-4-2-5-9-14/h2-11H,12-13H2,1H3. The number of thioether (sulfide) groups is 1. The number of nitrogens with zero attached hydrogens (tertiary/aromatic N) is 7. The maximum absolute atomic E-state index is 11.9. The average Bonchev–Trinajstić information content (AvgIpc) is 3.40. The van der Waals surface area contributed by atoms with Crippen LogP contribution in [-0.4, -0.2) is 47.7 Å². The molecule has 31 heavy (non-hydrogen) atoms. The van der Waals surface area contributed by atoms with E-state index in [1.54, 1.807) is 9.20 Å². The molecule has 0 amide bonds. The Balaban J connectivity index is 1.62. The molecule has 0 aliphatic heterocycles. The van der Waals surface area contributed by atoms with Crippen molar-refractivity contribution in [2.75, 3.05) is 7.11 Å². The van der Waals surface area contributed by atoms with Gasteiger partial charge in [0.2, 0.25) is 5.16 Å². The van der Waals surface area contributed by atoms with Crippen molar-refractivity contribution in [3.63, 3.8) is 0 Å². The number of hydrogen-bond acceptors (Lipinski definition) is 8. The number of hydrogen-bond donors (Lipinski definition) is 0. The van der Waals surface area contributed by atoms with Crippen LogP contribution in [0.2, 0.25) is 0 Å². The van der Waals surface area contributed by atoms with Gasteiger partial charge in [0.05, 0.1) is 19.2 Å². The lowest BCUT2D eigenvalue weighted by atomic mass is 10.2. The highest BCUT2D eigenvalue weighted by Gasteiger charge is 2.21. The van der Waals surface area contributed by atoms with E-state index in [0.717, 1.165) is 11.4 Å². The Labute approximate surface area is 181 Å². The van der Waals surface area contributed by atoms with Gasteiger partial charge in [-0.05, 0) is 17.7 Å². The van der Waals surface area contributed by atoms with Crippen molar-refractivity contribution in [2.24, 2.45) is 0 Å². The molecule has 0 atom stereocenters. The van der Waals surface area contributed by atoms with Crippen molar-refractivity contribution in [1.82, 2.24) is 34.6 Å². The number of methoxy groups -OCH3 is 1. The number of carbonyl (C=O) groups is 1. The zero-order chi connectivity index (χ0) is 21.2. The third kappa shape index (κ3) is 3.73. The number of ether oxygens (including phenoxy) is 1. The molecular formula is C21H17N7O2S. The monoisotopic (exact) mass is 431 g/mol. The molecule has 0 aliphatic carbocycles. The molecule has 5 rings (SSSR count). The van der Waals surface area contributed by atoms with Crippen molar-refractivity contribution in [3.05, 3.63) is 71.9 Å². The highest BCUT2D eigenvalue weighted by atomic mass is 32.2. The molecule has 0 bridgehead atoms. The van der Waals surface area contributed by atoms with Crippen LogP contribution in [0.3, 0.4) is 0 Å². The fourth-order valence-corrected chi connectivity index (χ4v) is 3.96. The van der Waals surface area contributed by atoms with E-state index in [1.807, 2.05) is 48.5 Å². The average molecular weight is 431 g/mol. The second-order valence-corrected chi connectivity index (χ2v) is 7.64. The van der Waals surface area contributed by atoms with E-state index in [9.17, 15) is 4.79 Å². The molecule has 0 saturated carbocycles. The van der Waals surface area contributed by atoms with E-state index in [1.165, 1.54) is 24.4 Å². The number of rotatable bonds is 6. The molecule has 0 aliphatic rings. The van der Waals surface area contributed by atoms with Crippen LogP contribution in [-0.2, 0) is 21.7 Å². The molecule has 0 radical (unpaired) electrons. The Morgan fingerprint density at radius 2 is 1.74 bits per heavy atom. The molecule has 154 valence electrons. The summed E-state index contributed by atoms with van der Waals surface area (Å²) in [5.74, 6) is 0.698. The zero-order valence-corrected chi connectivity index (χ0v) is 17.4. The Morgan fingerprint density at radius 1 is 1.00 bits per heavy atom. The number of aromatic nitrogens is 7. The molecule has 10 heteroatoms. The smallest absolute Gasteiger partial charge is 0.311 e. The third-order valence-electron chi connectivity index (χ3n) is 4.67. The number of carbonyl (C=O) groups excluding carboxylic acids is 1. The normalized spacial score (nSPS) is 11.3. The number of para-hydroxylation sites is 1. The Bertz CT molecular complexity index is 1370. The topological polar surface area (TPSA) is 100 Å². The molecule has 0 N–H and O–H groups in total. The summed E-state index contributed by atoms with van der Waals surface area (Å²) in [4.78, 5) is 16.4. The van der Waals surface area contributed by atoms with Gasteiger partial charge in [-0.1, -0.05) is 60.3 Å². The lowest BCUT2D eigenvalue weighted by Gasteiger charge is -2.02. The van der Waals surface area contributed by atoms with Gasteiger partial charge in [0, 0.05) is 5.75 Å². The largest absolute Gasteiger partial charge is 0.469 e. The molecule has 5 aromatic rings. The highest BCUT2D eigenvalue weighted by Crippen LogP contribution is 2.24. The van der Waals surface area contributed by atoms with Crippen LogP contribution in [0.15, 0.2) is 65.8 Å². The summed E-state index contributed by atoms with van der Waals surface area (Å²) in [6, 6.07) is 19.7. The van der Waals surface area contributed by atoms with Crippen molar-refractivity contribution < 1.29 is 9.53 Å². The number of fused-ring (bicyclic) bond motifs is 3. The van der Waals surface area contributed by atoms with Gasteiger partial charge in [-0.2, -0.15) is 14.6 Å². The van der Waals surface area contributed by atoms with E-state index >= 15 is 0 Å². The van der Waals surface area contributed by atoms with E-state index in [-0.39, 0.29) is 6.42 Å². The minimum Gasteiger partial charge on any atom is -0.469 e. The Morgan fingerprint density at radius 3 is 2.48 bits per heavy atom. The summed E-state index contributed by atoms with van der Waals surface area (Å²) in [5.41, 5.74) is 3.53. The SMILES string of the molecule is COC(=O)Cc1nn(-c2ccccc2)c2c1nnc1nc(SCc3ccccc3)nn12. The lowest BCUT2D eigenvalue weighted by Crippen LogP contribution is -2.06. The first-order chi connectivity index (χ1) is 15.2. The van der Waals surface area contributed by atoms with Gasteiger partial charge in [0.15, 0.2) is 11.2 Å². The van der Waals surface area contributed by atoms with Gasteiger partial charge in [-0.15, -0.1) is 15.3 Å². The van der Waals surface area contributed by atoms with Crippen LogP contribution in [0.25, 0.3) is 22.6 Å². The highest BCUT2D eigenvalue weighted by molar-refractivity contribution is 7.98. The van der Waals surface area contributed by atoms with Crippen LogP contribution in [0, 0.1) is 0 Å². The van der Waals surface area contributed by atoms with Crippen molar-refractivity contribution in [2.45, 2.75) is 17.3 Å². The third-order valence-corrected chi connectivity index (χ3v) is 5.58. The summed E-state index contributed by atoms with van der Waals surface area (Å²) < 4.78 is 8.13. The molecule has 0 fully saturated rings. The van der Waals surface area contributed by atoms with Crippen LogP contribution in [0.4, 0.5) is 0 Å². The summed E-state index contributed by atoms with van der Waals surface area (Å²) in [6.45, 7) is 0. The first-order valence-electron chi connectivity index (χ1n) is 9.53. The Hall–Kier alpha value is -3.79. The van der Waals surface area contributed by atoms with Crippen molar-refractivity contribution in [1.29, 1.82) is 0 Å². The molecule has 0 saturated heterocycles. The predicted molar refractivity (Wildman–Crippen MR) is 115 cm³/mol. The van der Waals surface area contributed by atoms with Gasteiger partial charge in [-0.25, -0.2) is 4.68 Å². The second kappa shape index (κ2) is 8.15. The molecule has 3 aromatic heterocycles. The number of benzene rings is 2. The zero-order valence-electron chi connectivity index (χ0n) is 16.5. The molecule has 0 spiro atoms. The predicted octanol–water partition coefficient (Wildman–Crippen LogP) is 2.87. The van der Waals surface area contributed by atoms with E-state index in [2.05, 4.69) is 37.5 Å². The summed E-state index contributed by atoms with van der Waals surface area (Å²) >= 11 is 1.52. The second-order valence-electron chi connectivity index (χ2n) is 6.70. The van der Waals surface area contributed by atoms with Crippen LogP contribution in [0.5, 0.6) is 0 Å². The fraction of sp³-hybridized carbons (Fsp3) is 0.143. The molecule has 2 aromatic carbocycles. The van der Waals surface area contributed by atoms with Crippen molar-refractivity contribution in [3.8, 4) is 5.69 Å². The Kier molecular flexibility index (Phi) is 5.04. The quantitative estimate of drug-likeness (QED) is 0.299. The summed E-state index contributed by atoms with van der Waals surface area (Å²) in [6.07, 6.45) is -0.0165. The summed E-state index contributed by atoms with van der Waals surface area (Å²) in [7, 11) is 1.34. The maximum Gasteiger partial charge on any atom is 0.311 e. The van der Waals surface area contributed by atoms with Crippen LogP contribution < -0.4 is 0 Å². The molecule has 9 nitrogen and oxygen atoms in total. The van der Waals surface area contributed by atoms with Crippen molar-refractivity contribution >= 4 is 34.7 Å².